The second-order valence-corrected chi connectivity index (χ2v) is 6.03. The highest BCUT2D eigenvalue weighted by Gasteiger charge is 2.15. The average molecular weight is 397 g/mol. The number of aromatic nitrogens is 3. The molecule has 0 atom stereocenters. The summed E-state index contributed by atoms with van der Waals surface area (Å²) in [6, 6.07) is 10.4. The molecule has 152 valence electrons. The number of nitrogens with one attached hydrogen (secondary N) is 1. The van der Waals surface area contributed by atoms with E-state index in [9.17, 15) is 4.79 Å². The number of hydrogen-bond donors (Lipinski definition) is 2. The molecule has 0 bridgehead atoms. The topological polar surface area (TPSA) is 114 Å². The molecule has 9 nitrogen and oxygen atoms in total. The SMILES string of the molecule is COc1ccc(C(=O)NCCn2ccnn2)cc1Oc1cccc(OC)c1CN. The van der Waals surface area contributed by atoms with Gasteiger partial charge in [0.05, 0.1) is 32.5 Å². The number of carbonyl (C=O) groups is 1. The molecule has 0 aliphatic heterocycles. The summed E-state index contributed by atoms with van der Waals surface area (Å²) in [4.78, 5) is 12.5. The minimum atomic E-state index is -0.234. The second kappa shape index (κ2) is 9.56. The molecule has 0 radical (unpaired) electrons. The Morgan fingerprint density at radius 1 is 1.10 bits per heavy atom. The number of rotatable bonds is 9. The minimum Gasteiger partial charge on any atom is -0.496 e. The quantitative estimate of drug-likeness (QED) is 0.567. The van der Waals surface area contributed by atoms with Gasteiger partial charge in [0.15, 0.2) is 11.5 Å². The highest BCUT2D eigenvalue weighted by atomic mass is 16.5. The largest absolute Gasteiger partial charge is 0.496 e. The molecule has 3 N–H and O–H groups in total. The lowest BCUT2D eigenvalue weighted by atomic mass is 10.1. The van der Waals surface area contributed by atoms with Crippen LogP contribution in [-0.2, 0) is 13.1 Å². The third-order valence-electron chi connectivity index (χ3n) is 4.26. The van der Waals surface area contributed by atoms with Gasteiger partial charge in [-0.1, -0.05) is 11.3 Å². The van der Waals surface area contributed by atoms with Crippen LogP contribution in [0.15, 0.2) is 48.8 Å². The first-order valence-electron chi connectivity index (χ1n) is 9.00. The van der Waals surface area contributed by atoms with E-state index >= 15 is 0 Å². The zero-order valence-electron chi connectivity index (χ0n) is 16.3. The summed E-state index contributed by atoms with van der Waals surface area (Å²) in [5.41, 5.74) is 7.02. The lowest BCUT2D eigenvalue weighted by Crippen LogP contribution is -2.27. The molecule has 3 aromatic rings. The molecule has 1 aromatic heterocycles. The Kier molecular flexibility index (Phi) is 6.64. The molecule has 0 aliphatic rings. The zero-order chi connectivity index (χ0) is 20.6. The van der Waals surface area contributed by atoms with Crippen LogP contribution in [0.1, 0.15) is 15.9 Å². The molecule has 9 heteroatoms. The van der Waals surface area contributed by atoms with E-state index in [1.165, 1.54) is 7.11 Å². The van der Waals surface area contributed by atoms with Gasteiger partial charge in [-0.15, -0.1) is 5.10 Å². The number of amides is 1. The fourth-order valence-corrected chi connectivity index (χ4v) is 2.79. The molecule has 1 heterocycles. The molecule has 0 saturated carbocycles. The molecule has 29 heavy (non-hydrogen) atoms. The van der Waals surface area contributed by atoms with E-state index in [0.29, 0.717) is 41.7 Å². The number of carbonyl (C=O) groups excluding carboxylic acids is 1. The van der Waals surface area contributed by atoms with Gasteiger partial charge in [0.1, 0.15) is 11.5 Å². The Bertz CT molecular complexity index is 960. The number of methoxy groups -OCH3 is 2. The third kappa shape index (κ3) is 4.82. The van der Waals surface area contributed by atoms with Crippen molar-refractivity contribution >= 4 is 5.91 Å². The smallest absolute Gasteiger partial charge is 0.251 e. The Labute approximate surface area is 168 Å². The van der Waals surface area contributed by atoms with Crippen molar-refractivity contribution in [2.24, 2.45) is 5.73 Å². The first-order valence-corrected chi connectivity index (χ1v) is 9.00. The summed E-state index contributed by atoms with van der Waals surface area (Å²) in [6.45, 7) is 1.18. The normalized spacial score (nSPS) is 10.4. The highest BCUT2D eigenvalue weighted by Crippen LogP contribution is 2.36. The van der Waals surface area contributed by atoms with E-state index < -0.39 is 0 Å². The van der Waals surface area contributed by atoms with Gasteiger partial charge >= 0.3 is 0 Å². The molecule has 2 aromatic carbocycles. The first kappa shape index (κ1) is 20.2. The van der Waals surface area contributed by atoms with Crippen molar-refractivity contribution in [1.29, 1.82) is 0 Å². The maximum atomic E-state index is 12.5. The maximum absolute atomic E-state index is 12.5. The zero-order valence-corrected chi connectivity index (χ0v) is 16.3. The Morgan fingerprint density at radius 3 is 2.59 bits per heavy atom. The number of hydrogen-bond acceptors (Lipinski definition) is 7. The number of nitrogens with two attached hydrogens (primary N) is 1. The Balaban J connectivity index is 1.77. The van der Waals surface area contributed by atoms with E-state index in [4.69, 9.17) is 19.9 Å². The number of ether oxygens (including phenoxy) is 3. The standard InChI is InChI=1S/C20H23N5O4/c1-27-16-4-3-5-17(15(16)13-21)29-19-12-14(6-7-18(19)28-2)20(26)22-8-10-25-11-9-23-24-25/h3-7,9,11-12H,8,10,13,21H2,1-2H3,(H,22,26). The van der Waals surface area contributed by atoms with E-state index in [1.807, 2.05) is 6.07 Å². The van der Waals surface area contributed by atoms with Gasteiger partial charge in [0, 0.05) is 24.8 Å². The Hall–Kier alpha value is -3.59. The number of benzene rings is 2. The van der Waals surface area contributed by atoms with Crippen molar-refractivity contribution < 1.29 is 19.0 Å². The van der Waals surface area contributed by atoms with Gasteiger partial charge in [-0.05, 0) is 30.3 Å². The predicted molar refractivity (Wildman–Crippen MR) is 106 cm³/mol. The molecule has 0 saturated heterocycles. The van der Waals surface area contributed by atoms with Gasteiger partial charge in [-0.25, -0.2) is 0 Å². The van der Waals surface area contributed by atoms with Crippen LogP contribution < -0.4 is 25.3 Å². The van der Waals surface area contributed by atoms with Gasteiger partial charge in [-0.2, -0.15) is 0 Å². The van der Waals surface area contributed by atoms with Gasteiger partial charge < -0.3 is 25.3 Å². The molecular weight excluding hydrogens is 374 g/mol. The second-order valence-electron chi connectivity index (χ2n) is 6.03. The fraction of sp³-hybridized carbons (Fsp3) is 0.250. The third-order valence-corrected chi connectivity index (χ3v) is 4.26. The summed E-state index contributed by atoms with van der Waals surface area (Å²) in [5.74, 6) is 1.83. The predicted octanol–water partition coefficient (Wildman–Crippen LogP) is 1.98. The monoisotopic (exact) mass is 397 g/mol. The van der Waals surface area contributed by atoms with Crippen molar-refractivity contribution in [3.63, 3.8) is 0 Å². The van der Waals surface area contributed by atoms with Crippen LogP contribution >= 0.6 is 0 Å². The Morgan fingerprint density at radius 2 is 1.90 bits per heavy atom. The van der Waals surface area contributed by atoms with Crippen LogP contribution in [-0.4, -0.2) is 41.7 Å². The van der Waals surface area contributed by atoms with Crippen LogP contribution in [0.25, 0.3) is 0 Å². The van der Waals surface area contributed by atoms with Gasteiger partial charge in [0.25, 0.3) is 5.91 Å². The first-order chi connectivity index (χ1) is 14.2. The van der Waals surface area contributed by atoms with Crippen LogP contribution in [0.2, 0.25) is 0 Å². The van der Waals surface area contributed by atoms with Crippen molar-refractivity contribution in [3.8, 4) is 23.0 Å². The van der Waals surface area contributed by atoms with E-state index in [-0.39, 0.29) is 12.5 Å². The summed E-state index contributed by atoms with van der Waals surface area (Å²) in [7, 11) is 3.11. The van der Waals surface area contributed by atoms with Crippen molar-refractivity contribution in [2.75, 3.05) is 20.8 Å². The van der Waals surface area contributed by atoms with Crippen LogP contribution in [0.4, 0.5) is 0 Å². The van der Waals surface area contributed by atoms with Crippen molar-refractivity contribution in [2.45, 2.75) is 13.1 Å². The summed E-state index contributed by atoms with van der Waals surface area (Å²) >= 11 is 0. The van der Waals surface area contributed by atoms with Gasteiger partial charge in [-0.3, -0.25) is 9.48 Å². The van der Waals surface area contributed by atoms with Crippen LogP contribution in [0.5, 0.6) is 23.0 Å². The van der Waals surface area contributed by atoms with E-state index in [0.717, 1.165) is 5.56 Å². The number of nitrogens with zero attached hydrogens (tertiary/aromatic N) is 3. The fourth-order valence-electron chi connectivity index (χ4n) is 2.79. The molecule has 3 rings (SSSR count). The van der Waals surface area contributed by atoms with Crippen molar-refractivity contribution in [3.05, 3.63) is 59.9 Å². The summed E-state index contributed by atoms with van der Waals surface area (Å²) < 4.78 is 18.4. The molecule has 0 aliphatic carbocycles. The lowest BCUT2D eigenvalue weighted by Gasteiger charge is -2.16. The van der Waals surface area contributed by atoms with E-state index in [1.54, 1.807) is 54.5 Å². The van der Waals surface area contributed by atoms with E-state index in [2.05, 4.69) is 15.6 Å². The molecule has 0 spiro atoms. The minimum absolute atomic E-state index is 0.234. The van der Waals surface area contributed by atoms with Crippen LogP contribution in [0.3, 0.4) is 0 Å². The van der Waals surface area contributed by atoms with Crippen molar-refractivity contribution in [1.82, 2.24) is 20.3 Å². The summed E-state index contributed by atoms with van der Waals surface area (Å²) in [6.07, 6.45) is 3.32. The van der Waals surface area contributed by atoms with Gasteiger partial charge in [0.2, 0.25) is 0 Å². The maximum Gasteiger partial charge on any atom is 0.251 e. The molecule has 0 unspecified atom stereocenters. The summed E-state index contributed by atoms with van der Waals surface area (Å²) in [5, 5.41) is 10.4. The lowest BCUT2D eigenvalue weighted by molar-refractivity contribution is 0.0951. The van der Waals surface area contributed by atoms with Crippen LogP contribution in [0, 0.1) is 0 Å². The molecular formula is C20H23N5O4. The average Bonchev–Trinajstić information content (AvgIpc) is 3.27. The molecule has 1 amide bonds. The highest BCUT2D eigenvalue weighted by molar-refractivity contribution is 5.94. The molecule has 0 fully saturated rings.